The van der Waals surface area contributed by atoms with Crippen molar-refractivity contribution in [1.29, 1.82) is 0 Å². The van der Waals surface area contributed by atoms with E-state index >= 15 is 0 Å². The van der Waals surface area contributed by atoms with E-state index in [0.717, 1.165) is 6.54 Å². The van der Waals surface area contributed by atoms with Gasteiger partial charge in [0.1, 0.15) is 0 Å². The van der Waals surface area contributed by atoms with E-state index in [1.165, 1.54) is 30.4 Å². The van der Waals surface area contributed by atoms with Gasteiger partial charge < -0.3 is 10.2 Å². The minimum atomic E-state index is -0.453. The maximum absolute atomic E-state index is 13.2. The number of amides is 2. The zero-order chi connectivity index (χ0) is 16.1. The van der Waals surface area contributed by atoms with Crippen LogP contribution in [0, 0.1) is 5.41 Å². The van der Waals surface area contributed by atoms with Gasteiger partial charge in [0.05, 0.1) is 5.41 Å². The van der Waals surface area contributed by atoms with Crippen molar-refractivity contribution in [1.82, 2.24) is 10.2 Å². The molecule has 23 heavy (non-hydrogen) atoms. The van der Waals surface area contributed by atoms with E-state index in [0.29, 0.717) is 25.9 Å². The number of carbonyl (C=O) groups excluding carboxylic acids is 2. The Balaban J connectivity index is 1.61. The highest BCUT2D eigenvalue weighted by molar-refractivity contribution is 5.87. The van der Waals surface area contributed by atoms with Crippen molar-refractivity contribution in [2.75, 3.05) is 13.1 Å². The number of fused-ring (bicyclic) bond motifs is 2. The molecule has 0 aromatic heterocycles. The van der Waals surface area contributed by atoms with Crippen molar-refractivity contribution in [2.45, 2.75) is 51.0 Å². The lowest BCUT2D eigenvalue weighted by Gasteiger charge is -2.51. The van der Waals surface area contributed by atoms with Gasteiger partial charge in [0.2, 0.25) is 11.8 Å². The maximum atomic E-state index is 13.2. The molecule has 2 amide bonds. The first-order valence-electron chi connectivity index (χ1n) is 8.67. The highest BCUT2D eigenvalue weighted by Gasteiger charge is 2.48. The Morgan fingerprint density at radius 3 is 2.65 bits per heavy atom. The molecule has 1 aromatic carbocycles. The van der Waals surface area contributed by atoms with Gasteiger partial charge in [-0.25, -0.2) is 0 Å². The van der Waals surface area contributed by atoms with Crippen molar-refractivity contribution >= 4 is 11.8 Å². The predicted octanol–water partition coefficient (Wildman–Crippen LogP) is 2.37. The average molecular weight is 312 g/mol. The Hall–Kier alpha value is -1.84. The van der Waals surface area contributed by atoms with Crippen molar-refractivity contribution in [3.8, 4) is 0 Å². The van der Waals surface area contributed by atoms with E-state index in [-0.39, 0.29) is 17.2 Å². The molecule has 0 bridgehead atoms. The minimum absolute atomic E-state index is 0.0646. The van der Waals surface area contributed by atoms with Gasteiger partial charge in [-0.3, -0.25) is 9.59 Å². The van der Waals surface area contributed by atoms with Crippen LogP contribution in [0.15, 0.2) is 24.3 Å². The second kappa shape index (κ2) is 5.08. The molecule has 1 aliphatic carbocycles. The average Bonchev–Trinajstić information content (AvgIpc) is 2.54. The fourth-order valence-electron chi connectivity index (χ4n) is 4.49. The molecule has 4 heteroatoms. The highest BCUT2D eigenvalue weighted by Crippen LogP contribution is 2.49. The summed E-state index contributed by atoms with van der Waals surface area (Å²) in [6.45, 7) is 4.02. The van der Waals surface area contributed by atoms with Crippen molar-refractivity contribution in [2.24, 2.45) is 5.41 Å². The van der Waals surface area contributed by atoms with Crippen LogP contribution in [0.3, 0.4) is 0 Å². The number of nitrogens with zero attached hydrogens (tertiary/aromatic N) is 1. The third-order valence-electron chi connectivity index (χ3n) is 6.14. The molecule has 122 valence electrons. The lowest BCUT2D eigenvalue weighted by molar-refractivity contribution is -0.146. The smallest absolute Gasteiger partial charge is 0.230 e. The fourth-order valence-corrected chi connectivity index (χ4v) is 4.49. The van der Waals surface area contributed by atoms with Gasteiger partial charge in [-0.05, 0) is 37.3 Å². The first-order valence-corrected chi connectivity index (χ1v) is 8.67. The Morgan fingerprint density at radius 1 is 1.22 bits per heavy atom. The summed E-state index contributed by atoms with van der Waals surface area (Å²) >= 11 is 0. The first-order chi connectivity index (χ1) is 11.0. The summed E-state index contributed by atoms with van der Waals surface area (Å²) in [5.74, 6) is 0.271. The zero-order valence-corrected chi connectivity index (χ0v) is 13.7. The van der Waals surface area contributed by atoms with Gasteiger partial charge in [-0.2, -0.15) is 0 Å². The number of nitrogens with one attached hydrogen (secondary N) is 1. The number of hydrogen-bond donors (Lipinski definition) is 1. The molecule has 2 aliphatic heterocycles. The van der Waals surface area contributed by atoms with E-state index in [1.54, 1.807) is 0 Å². The van der Waals surface area contributed by atoms with E-state index in [4.69, 9.17) is 0 Å². The maximum Gasteiger partial charge on any atom is 0.230 e. The quantitative estimate of drug-likeness (QED) is 0.865. The number of carbonyl (C=O) groups is 2. The lowest BCUT2D eigenvalue weighted by atomic mass is 9.61. The standard InChI is InChI=1S/C19H24N2O2/c1-18(10-7-16(22)20-12-18)17(23)21-11-14-5-2-3-6-15(14)19(13-21)8-4-9-19/h2-3,5-6H,4,7-13H2,1H3,(H,20,22). The van der Waals surface area contributed by atoms with Crippen LogP contribution in [0.5, 0.6) is 0 Å². The van der Waals surface area contributed by atoms with Crippen LogP contribution in [0.1, 0.15) is 50.2 Å². The van der Waals surface area contributed by atoms with Gasteiger partial charge in [0.15, 0.2) is 0 Å². The van der Waals surface area contributed by atoms with Crippen molar-refractivity contribution in [3.63, 3.8) is 0 Å². The molecular formula is C19H24N2O2. The van der Waals surface area contributed by atoms with Crippen LogP contribution < -0.4 is 5.32 Å². The van der Waals surface area contributed by atoms with Crippen molar-refractivity contribution in [3.05, 3.63) is 35.4 Å². The normalized spacial score (nSPS) is 28.7. The summed E-state index contributed by atoms with van der Waals surface area (Å²) in [6.07, 6.45) is 4.73. The predicted molar refractivity (Wildman–Crippen MR) is 87.7 cm³/mol. The number of benzene rings is 1. The molecular weight excluding hydrogens is 288 g/mol. The second-order valence-electron chi connectivity index (χ2n) is 7.79. The molecule has 1 aromatic rings. The Bertz CT molecular complexity index is 653. The van der Waals surface area contributed by atoms with Gasteiger partial charge in [0, 0.05) is 31.5 Å². The summed E-state index contributed by atoms with van der Waals surface area (Å²) in [7, 11) is 0. The molecule has 1 unspecified atom stereocenters. The third-order valence-corrected chi connectivity index (χ3v) is 6.14. The molecule has 1 saturated carbocycles. The number of rotatable bonds is 1. The topological polar surface area (TPSA) is 49.4 Å². The van der Waals surface area contributed by atoms with Crippen LogP contribution in [0.4, 0.5) is 0 Å². The Kier molecular flexibility index (Phi) is 3.26. The Labute approximate surface area is 137 Å². The summed E-state index contributed by atoms with van der Waals surface area (Å²) in [4.78, 5) is 26.7. The van der Waals surface area contributed by atoms with Crippen LogP contribution >= 0.6 is 0 Å². The summed E-state index contributed by atoms with van der Waals surface area (Å²) in [5.41, 5.74) is 2.48. The molecule has 2 heterocycles. The monoisotopic (exact) mass is 312 g/mol. The molecule has 4 rings (SSSR count). The molecule has 3 aliphatic rings. The largest absolute Gasteiger partial charge is 0.355 e. The zero-order valence-electron chi connectivity index (χ0n) is 13.7. The molecule has 1 saturated heterocycles. The Morgan fingerprint density at radius 2 is 2.00 bits per heavy atom. The first kappa shape index (κ1) is 14.7. The molecule has 4 nitrogen and oxygen atoms in total. The van der Waals surface area contributed by atoms with Crippen LogP contribution in [0.25, 0.3) is 0 Å². The van der Waals surface area contributed by atoms with Gasteiger partial charge in [-0.1, -0.05) is 30.7 Å². The molecule has 1 spiro atoms. The molecule has 1 atom stereocenters. The van der Waals surface area contributed by atoms with E-state index in [2.05, 4.69) is 34.5 Å². The van der Waals surface area contributed by atoms with E-state index < -0.39 is 5.41 Å². The summed E-state index contributed by atoms with van der Waals surface area (Å²) in [6, 6.07) is 8.61. The fraction of sp³-hybridized carbons (Fsp3) is 0.579. The van der Waals surface area contributed by atoms with Crippen LogP contribution in [-0.2, 0) is 21.5 Å². The van der Waals surface area contributed by atoms with Crippen LogP contribution in [-0.4, -0.2) is 29.8 Å². The van der Waals surface area contributed by atoms with Gasteiger partial charge in [-0.15, -0.1) is 0 Å². The van der Waals surface area contributed by atoms with Crippen LogP contribution in [0.2, 0.25) is 0 Å². The summed E-state index contributed by atoms with van der Waals surface area (Å²) in [5, 5.41) is 2.87. The molecule has 2 fully saturated rings. The van der Waals surface area contributed by atoms with E-state index in [9.17, 15) is 9.59 Å². The highest BCUT2D eigenvalue weighted by atomic mass is 16.2. The lowest BCUT2D eigenvalue weighted by Crippen LogP contribution is -2.57. The van der Waals surface area contributed by atoms with Crippen molar-refractivity contribution < 1.29 is 9.59 Å². The van der Waals surface area contributed by atoms with E-state index in [1.807, 2.05) is 6.92 Å². The van der Waals surface area contributed by atoms with Gasteiger partial charge in [0.25, 0.3) is 0 Å². The summed E-state index contributed by atoms with van der Waals surface area (Å²) < 4.78 is 0. The number of hydrogen-bond acceptors (Lipinski definition) is 2. The minimum Gasteiger partial charge on any atom is -0.355 e. The molecule has 0 radical (unpaired) electrons. The second-order valence-corrected chi connectivity index (χ2v) is 7.79. The molecule has 1 N–H and O–H groups in total. The SMILES string of the molecule is CC1(C(=O)N2Cc3ccccc3C3(CCC3)C2)CCC(=O)NC1. The number of piperidine rings is 1. The third kappa shape index (κ3) is 2.27. The van der Waals surface area contributed by atoms with Gasteiger partial charge >= 0.3 is 0 Å².